The topological polar surface area (TPSA) is 260 Å². The molecule has 4 aromatic carbocycles. The zero-order valence-electron chi connectivity index (χ0n) is 28.7. The summed E-state index contributed by atoms with van der Waals surface area (Å²) in [7, 11) is -8.08. The predicted octanol–water partition coefficient (Wildman–Crippen LogP) is 5.10. The van der Waals surface area contributed by atoms with Crippen molar-refractivity contribution in [2.75, 3.05) is 23.0 Å². The van der Waals surface area contributed by atoms with Gasteiger partial charge in [-0.3, -0.25) is 29.5 Å². The SMILES string of the molecule is CNC(=S)Nc1ccc(/C=C/c2ccc(NC(=S)NNC(=O)C(Nc3ccc(Cl)cc3)C(=O)N/N=C\c3cc(Br)c(O)c(Br)c3)cc2S(=O)(=O)O)c(S(=O)(=O)O)c1. The fraction of sp³-hybridized carbons (Fsp3) is 0.0606. The second kappa shape index (κ2) is 19.6. The molecule has 0 saturated heterocycles. The molecule has 300 valence electrons. The van der Waals surface area contributed by atoms with Crippen LogP contribution in [0.1, 0.15) is 16.7 Å². The lowest BCUT2D eigenvalue weighted by Crippen LogP contribution is -2.54. The van der Waals surface area contributed by atoms with Crippen LogP contribution in [0.5, 0.6) is 5.75 Å². The van der Waals surface area contributed by atoms with Gasteiger partial charge in [-0.2, -0.15) is 21.9 Å². The molecular weight excluding hydrogens is 976 g/mol. The van der Waals surface area contributed by atoms with Gasteiger partial charge in [-0.25, -0.2) is 5.43 Å². The Kier molecular flexibility index (Phi) is 15.5. The number of nitrogens with one attached hydrogen (secondary N) is 7. The van der Waals surface area contributed by atoms with Crippen molar-refractivity contribution in [2.24, 2.45) is 5.10 Å². The summed E-state index contributed by atoms with van der Waals surface area (Å²) >= 11 is 22.6. The maximum absolute atomic E-state index is 13.3. The molecule has 0 saturated carbocycles. The van der Waals surface area contributed by atoms with Crippen molar-refractivity contribution < 1.29 is 40.6 Å². The highest BCUT2D eigenvalue weighted by atomic mass is 79.9. The molecule has 0 bridgehead atoms. The first kappa shape index (κ1) is 45.0. The Bertz CT molecular complexity index is 2490. The van der Waals surface area contributed by atoms with Crippen molar-refractivity contribution in [2.45, 2.75) is 15.8 Å². The smallest absolute Gasteiger partial charge is 0.295 e. The van der Waals surface area contributed by atoms with Crippen LogP contribution in [0.25, 0.3) is 12.2 Å². The number of rotatable bonds is 12. The molecule has 0 aliphatic carbocycles. The number of hydrogen-bond donors (Lipinski definition) is 10. The highest BCUT2D eigenvalue weighted by Crippen LogP contribution is 2.33. The molecule has 2 amide bonds. The zero-order chi connectivity index (χ0) is 42.1. The average Bonchev–Trinajstić information content (AvgIpc) is 3.14. The van der Waals surface area contributed by atoms with E-state index in [0.717, 1.165) is 12.1 Å². The number of amides is 2. The first-order valence-electron chi connectivity index (χ1n) is 15.5. The van der Waals surface area contributed by atoms with Gasteiger partial charge < -0.3 is 26.4 Å². The van der Waals surface area contributed by atoms with Gasteiger partial charge in [-0.1, -0.05) is 35.9 Å². The lowest BCUT2D eigenvalue weighted by atomic mass is 10.1. The summed E-state index contributed by atoms with van der Waals surface area (Å²) in [6.07, 6.45) is 3.69. The van der Waals surface area contributed by atoms with Gasteiger partial charge >= 0.3 is 0 Å². The van der Waals surface area contributed by atoms with Crippen LogP contribution in [0.15, 0.2) is 96.6 Å². The van der Waals surface area contributed by atoms with E-state index in [-0.39, 0.29) is 38.5 Å². The van der Waals surface area contributed by atoms with E-state index in [1.54, 1.807) is 7.05 Å². The Morgan fingerprint density at radius 3 is 1.74 bits per heavy atom. The number of hydrazine groups is 1. The van der Waals surface area contributed by atoms with Crippen molar-refractivity contribution in [1.29, 1.82) is 0 Å². The van der Waals surface area contributed by atoms with Crippen molar-refractivity contribution in [3.05, 3.63) is 103 Å². The number of aromatic hydroxyl groups is 1. The molecule has 24 heteroatoms. The molecule has 57 heavy (non-hydrogen) atoms. The number of carbonyl (C=O) groups excluding carboxylic acids is 2. The van der Waals surface area contributed by atoms with E-state index in [4.69, 9.17) is 36.0 Å². The molecule has 0 aliphatic rings. The van der Waals surface area contributed by atoms with Gasteiger partial charge in [0.05, 0.1) is 15.2 Å². The lowest BCUT2D eigenvalue weighted by molar-refractivity contribution is -0.130. The summed E-state index contributed by atoms with van der Waals surface area (Å²) in [6.45, 7) is 0. The standard InChI is InChI=1S/C33H29Br2ClN8O9S4/c1-37-32(54)40-22-8-4-18(26(14-22)56(48,49)50)2-3-19-5-9-23(15-27(19)57(51,52)53)41-33(55)44-43-31(47)28(39-21-10-6-20(36)7-11-21)30(46)42-38-16-17-12-24(34)29(45)25(35)13-17/h2-16,28,39,45H,1H3,(H,42,46)(H,43,47)(H2,37,40,54)(H2,41,44,55)(H,48,49,50)(H,51,52,53)/b3-2+,38-16-. The number of phenolic OH excluding ortho intramolecular Hbond substituents is 1. The second-order valence-corrected chi connectivity index (χ2v) is 17.0. The molecule has 4 rings (SSSR count). The first-order chi connectivity index (χ1) is 26.7. The largest absolute Gasteiger partial charge is 0.506 e. The molecule has 0 fully saturated rings. The van der Waals surface area contributed by atoms with Crippen molar-refractivity contribution in [3.63, 3.8) is 0 Å². The van der Waals surface area contributed by atoms with Crippen LogP contribution in [0, 0.1) is 0 Å². The Balaban J connectivity index is 1.49. The highest BCUT2D eigenvalue weighted by Gasteiger charge is 2.27. The van der Waals surface area contributed by atoms with Crippen LogP contribution in [0.4, 0.5) is 17.1 Å². The summed E-state index contributed by atoms with van der Waals surface area (Å²) < 4.78 is 69.6. The van der Waals surface area contributed by atoms with E-state index in [1.165, 1.54) is 79.0 Å². The fourth-order valence-electron chi connectivity index (χ4n) is 4.53. The van der Waals surface area contributed by atoms with Crippen LogP contribution < -0.4 is 37.5 Å². The number of hydrogen-bond acceptors (Lipinski definition) is 11. The van der Waals surface area contributed by atoms with Crippen molar-refractivity contribution in [1.82, 2.24) is 21.6 Å². The van der Waals surface area contributed by atoms with Crippen LogP contribution in [0.2, 0.25) is 5.02 Å². The average molecular weight is 1010 g/mol. The number of hydrazone groups is 1. The third-order valence-corrected chi connectivity index (χ3v) is 11.0. The molecule has 17 nitrogen and oxygen atoms in total. The van der Waals surface area contributed by atoms with E-state index in [1.807, 2.05) is 0 Å². The van der Waals surface area contributed by atoms with Gasteiger partial charge in [-0.05, 0) is 134 Å². The van der Waals surface area contributed by atoms with Crippen LogP contribution in [0.3, 0.4) is 0 Å². The molecule has 0 heterocycles. The Morgan fingerprint density at radius 2 is 1.25 bits per heavy atom. The normalized spacial score (nSPS) is 12.1. The van der Waals surface area contributed by atoms with E-state index >= 15 is 0 Å². The Labute approximate surface area is 358 Å². The van der Waals surface area contributed by atoms with E-state index in [2.05, 4.69) is 74.5 Å². The van der Waals surface area contributed by atoms with Crippen molar-refractivity contribution in [3.8, 4) is 5.75 Å². The van der Waals surface area contributed by atoms with Gasteiger partial charge in [0.2, 0.25) is 0 Å². The van der Waals surface area contributed by atoms with E-state index in [0.29, 0.717) is 25.2 Å². The number of nitrogens with zero attached hydrogens (tertiary/aromatic N) is 1. The minimum Gasteiger partial charge on any atom is -0.506 e. The zero-order valence-corrected chi connectivity index (χ0v) is 35.9. The number of carbonyl (C=O) groups is 2. The van der Waals surface area contributed by atoms with Gasteiger partial charge in [-0.15, -0.1) is 0 Å². The number of halogens is 3. The summed E-state index contributed by atoms with van der Waals surface area (Å²) in [5.41, 5.74) is 7.94. The summed E-state index contributed by atoms with van der Waals surface area (Å²) in [5, 5.41) is 24.9. The number of benzene rings is 4. The molecule has 1 atom stereocenters. The fourth-order valence-corrected chi connectivity index (χ4v) is 7.58. The minimum absolute atomic E-state index is 0.0220. The molecule has 0 spiro atoms. The molecule has 1 unspecified atom stereocenters. The summed E-state index contributed by atoms with van der Waals surface area (Å²) in [5.74, 6) is -1.87. The quantitative estimate of drug-likeness (QED) is 0.0221. The molecule has 4 aromatic rings. The lowest BCUT2D eigenvalue weighted by Gasteiger charge is -2.19. The monoisotopic (exact) mass is 1000 g/mol. The van der Waals surface area contributed by atoms with Crippen LogP contribution in [-0.4, -0.2) is 72.4 Å². The van der Waals surface area contributed by atoms with Gasteiger partial charge in [0.15, 0.2) is 16.3 Å². The first-order valence-corrected chi connectivity index (χ1v) is 21.2. The number of thiocarbonyl (C=S) groups is 2. The third kappa shape index (κ3) is 13.2. The van der Waals surface area contributed by atoms with Crippen molar-refractivity contribution >= 4 is 146 Å². The number of phenols is 1. The number of anilines is 3. The van der Waals surface area contributed by atoms with E-state index < -0.39 is 47.9 Å². The van der Waals surface area contributed by atoms with Crippen LogP contribution in [-0.2, 0) is 29.8 Å². The highest BCUT2D eigenvalue weighted by molar-refractivity contribution is 9.11. The van der Waals surface area contributed by atoms with Gasteiger partial charge in [0.1, 0.15) is 15.5 Å². The molecule has 10 N–H and O–H groups in total. The van der Waals surface area contributed by atoms with Gasteiger partial charge in [0, 0.05) is 29.1 Å². The van der Waals surface area contributed by atoms with Crippen LogP contribution >= 0.6 is 67.9 Å². The third-order valence-electron chi connectivity index (χ3n) is 7.17. The molecule has 0 aliphatic heterocycles. The molecule has 0 radical (unpaired) electrons. The molecule has 0 aromatic heterocycles. The molecular formula is C33H29Br2ClN8O9S4. The summed E-state index contributed by atoms with van der Waals surface area (Å²) in [4.78, 5) is 25.3. The summed E-state index contributed by atoms with van der Waals surface area (Å²) in [6, 6.07) is 15.2. The predicted molar refractivity (Wildman–Crippen MR) is 232 cm³/mol. The Morgan fingerprint density at radius 1 is 0.754 bits per heavy atom. The maximum atomic E-state index is 13.3. The maximum Gasteiger partial charge on any atom is 0.295 e. The Hall–Kier alpha value is -4.72. The second-order valence-electron chi connectivity index (χ2n) is 11.2. The minimum atomic E-state index is -4.88. The van der Waals surface area contributed by atoms with Gasteiger partial charge in [0.25, 0.3) is 32.1 Å². The van der Waals surface area contributed by atoms with E-state index in [9.17, 15) is 40.6 Å².